The van der Waals surface area contributed by atoms with Gasteiger partial charge in [-0.25, -0.2) is 15.0 Å². The fourth-order valence-electron chi connectivity index (χ4n) is 2.07. The van der Waals surface area contributed by atoms with Crippen LogP contribution >= 0.6 is 7.60 Å². The number of hydrogen-bond donors (Lipinski definition) is 4. The normalized spacial score (nSPS) is 12.9. The summed E-state index contributed by atoms with van der Waals surface area (Å²) >= 11 is 0. The fourth-order valence-corrected chi connectivity index (χ4v) is 2.52. The van der Waals surface area contributed by atoms with Crippen molar-refractivity contribution in [3.8, 4) is 0 Å². The minimum atomic E-state index is -4.26. The Labute approximate surface area is 147 Å². The van der Waals surface area contributed by atoms with Crippen molar-refractivity contribution in [1.82, 2.24) is 19.5 Å². The van der Waals surface area contributed by atoms with Crippen LogP contribution in [0.5, 0.6) is 0 Å². The number of rotatable bonds is 9. The van der Waals surface area contributed by atoms with Gasteiger partial charge in [-0.1, -0.05) is 0 Å². The standard InChI is InChI=1S/C13H18N5O7P/c1-8(25-7-26(22,23)24)4-18-6-16-11-12(14-5-15-13(11)18)17-9(19)2-3-10(20)21/h5-6,8H,2-4,7H2,1H3,(H,20,21)(H2,22,23,24)(H,14,15,17,19)/t8-/m1/s1. The Morgan fingerprint density at radius 2 is 2.04 bits per heavy atom. The first-order valence-corrected chi connectivity index (χ1v) is 9.29. The van der Waals surface area contributed by atoms with Gasteiger partial charge in [0.15, 0.2) is 17.0 Å². The van der Waals surface area contributed by atoms with Gasteiger partial charge in [-0.15, -0.1) is 0 Å². The number of aliphatic carboxylic acids is 1. The summed E-state index contributed by atoms with van der Waals surface area (Å²) in [6.07, 6.45) is 0.930. The summed E-state index contributed by atoms with van der Waals surface area (Å²) in [4.78, 5) is 52.1. The third kappa shape index (κ3) is 5.85. The van der Waals surface area contributed by atoms with Gasteiger partial charge >= 0.3 is 13.6 Å². The second kappa shape index (κ2) is 8.32. The van der Waals surface area contributed by atoms with Crippen molar-refractivity contribution in [2.24, 2.45) is 0 Å². The SMILES string of the molecule is C[C@H](Cn1cnc2c(NC(=O)CCC(=O)O)ncnc21)OCP(=O)(O)O. The van der Waals surface area contributed by atoms with Crippen LogP contribution in [-0.2, 0) is 25.4 Å². The maximum absolute atomic E-state index is 11.8. The molecular weight excluding hydrogens is 369 g/mol. The van der Waals surface area contributed by atoms with E-state index in [4.69, 9.17) is 19.6 Å². The summed E-state index contributed by atoms with van der Waals surface area (Å²) in [6, 6.07) is 0. The van der Waals surface area contributed by atoms with Crippen LogP contribution in [0.15, 0.2) is 12.7 Å². The molecule has 0 aromatic carbocycles. The number of ether oxygens (including phenoxy) is 1. The second-order valence-electron chi connectivity index (χ2n) is 5.50. The van der Waals surface area contributed by atoms with Crippen molar-refractivity contribution < 1.29 is 33.8 Å². The van der Waals surface area contributed by atoms with E-state index < -0.39 is 31.9 Å². The molecule has 0 radical (unpaired) electrons. The quantitative estimate of drug-likeness (QED) is 0.434. The number of carbonyl (C=O) groups excluding carboxylic acids is 1. The highest BCUT2D eigenvalue weighted by atomic mass is 31.2. The number of nitrogens with zero attached hydrogens (tertiary/aromatic N) is 4. The van der Waals surface area contributed by atoms with E-state index in [-0.39, 0.29) is 25.2 Å². The van der Waals surface area contributed by atoms with Crippen molar-refractivity contribution in [2.45, 2.75) is 32.4 Å². The highest BCUT2D eigenvalue weighted by Crippen LogP contribution is 2.34. The van der Waals surface area contributed by atoms with E-state index in [1.54, 1.807) is 11.5 Å². The van der Waals surface area contributed by atoms with Crippen molar-refractivity contribution in [3.63, 3.8) is 0 Å². The molecule has 2 rings (SSSR count). The van der Waals surface area contributed by atoms with E-state index in [9.17, 15) is 14.2 Å². The number of carbonyl (C=O) groups is 2. The van der Waals surface area contributed by atoms with E-state index >= 15 is 0 Å². The predicted octanol–water partition coefficient (Wildman–Crippen LogP) is 0.170. The Morgan fingerprint density at radius 3 is 2.69 bits per heavy atom. The number of carboxylic acids is 1. The van der Waals surface area contributed by atoms with Crippen LogP contribution in [-0.4, -0.2) is 58.7 Å². The number of anilines is 1. The van der Waals surface area contributed by atoms with E-state index in [0.29, 0.717) is 11.2 Å². The number of fused-ring (bicyclic) bond motifs is 1. The average Bonchev–Trinajstić information content (AvgIpc) is 2.94. The average molecular weight is 387 g/mol. The molecule has 4 N–H and O–H groups in total. The molecule has 13 heteroatoms. The first-order chi connectivity index (χ1) is 12.2. The molecule has 0 spiro atoms. The number of hydrogen-bond acceptors (Lipinski definition) is 7. The zero-order valence-electron chi connectivity index (χ0n) is 13.8. The predicted molar refractivity (Wildman–Crippen MR) is 88.3 cm³/mol. The molecule has 1 atom stereocenters. The Bertz CT molecular complexity index is 849. The highest BCUT2D eigenvalue weighted by Gasteiger charge is 2.18. The van der Waals surface area contributed by atoms with Gasteiger partial charge in [0.05, 0.1) is 25.4 Å². The molecule has 0 bridgehead atoms. The molecule has 0 aliphatic rings. The number of imidazole rings is 1. The van der Waals surface area contributed by atoms with Crippen LogP contribution < -0.4 is 5.32 Å². The Balaban J connectivity index is 2.09. The number of amides is 1. The first-order valence-electron chi connectivity index (χ1n) is 7.49. The highest BCUT2D eigenvalue weighted by molar-refractivity contribution is 7.51. The molecule has 0 aliphatic carbocycles. The molecule has 142 valence electrons. The molecule has 0 fully saturated rings. The zero-order valence-corrected chi connectivity index (χ0v) is 14.7. The van der Waals surface area contributed by atoms with Crippen LogP contribution in [0.1, 0.15) is 19.8 Å². The summed E-state index contributed by atoms with van der Waals surface area (Å²) < 4.78 is 17.5. The topological polar surface area (TPSA) is 177 Å². The number of carboxylic acid groups (broad SMARTS) is 1. The van der Waals surface area contributed by atoms with Crippen molar-refractivity contribution in [1.29, 1.82) is 0 Å². The largest absolute Gasteiger partial charge is 0.481 e. The Hall–Kier alpha value is -2.40. The molecule has 0 saturated heterocycles. The van der Waals surface area contributed by atoms with Gasteiger partial charge in [-0.3, -0.25) is 14.2 Å². The van der Waals surface area contributed by atoms with Gasteiger partial charge in [-0.05, 0) is 6.92 Å². The molecule has 26 heavy (non-hydrogen) atoms. The molecular formula is C13H18N5O7P. The molecule has 2 aromatic rings. The minimum absolute atomic E-state index is 0.146. The summed E-state index contributed by atoms with van der Waals surface area (Å²) in [7, 11) is -4.26. The van der Waals surface area contributed by atoms with Gasteiger partial charge < -0.3 is 29.5 Å². The first kappa shape index (κ1) is 19.9. The molecule has 0 unspecified atom stereocenters. The van der Waals surface area contributed by atoms with Gasteiger partial charge in [0.25, 0.3) is 0 Å². The van der Waals surface area contributed by atoms with Gasteiger partial charge in [-0.2, -0.15) is 0 Å². The lowest BCUT2D eigenvalue weighted by molar-refractivity contribution is -0.138. The summed E-state index contributed by atoms with van der Waals surface area (Å²) in [5, 5.41) is 11.1. The minimum Gasteiger partial charge on any atom is -0.481 e. The summed E-state index contributed by atoms with van der Waals surface area (Å²) in [6.45, 7) is 1.86. The molecule has 12 nitrogen and oxygen atoms in total. The monoisotopic (exact) mass is 387 g/mol. The lowest BCUT2D eigenvalue weighted by Gasteiger charge is -2.14. The van der Waals surface area contributed by atoms with E-state index in [0.717, 1.165) is 0 Å². The Morgan fingerprint density at radius 1 is 1.31 bits per heavy atom. The van der Waals surface area contributed by atoms with Crippen LogP contribution in [0.2, 0.25) is 0 Å². The third-order valence-corrected chi connectivity index (χ3v) is 3.69. The summed E-state index contributed by atoms with van der Waals surface area (Å²) in [5.74, 6) is -1.45. The summed E-state index contributed by atoms with van der Waals surface area (Å²) in [5.41, 5.74) is 0.693. The van der Waals surface area contributed by atoms with Crippen molar-refractivity contribution in [2.75, 3.05) is 11.7 Å². The number of nitrogens with one attached hydrogen (secondary N) is 1. The molecule has 0 saturated carbocycles. The van der Waals surface area contributed by atoms with Gasteiger partial charge in [0.2, 0.25) is 5.91 Å². The van der Waals surface area contributed by atoms with E-state index in [2.05, 4.69) is 20.3 Å². The molecule has 0 aliphatic heterocycles. The van der Waals surface area contributed by atoms with Crippen molar-refractivity contribution in [3.05, 3.63) is 12.7 Å². The number of aromatic nitrogens is 4. The smallest absolute Gasteiger partial charge is 0.350 e. The maximum atomic E-state index is 11.8. The molecule has 2 aromatic heterocycles. The zero-order chi connectivity index (χ0) is 19.3. The van der Waals surface area contributed by atoms with Crippen LogP contribution in [0.4, 0.5) is 5.82 Å². The van der Waals surface area contributed by atoms with Gasteiger partial charge in [0, 0.05) is 6.42 Å². The fraction of sp³-hybridized carbons (Fsp3) is 0.462. The second-order valence-corrected chi connectivity index (χ2v) is 7.09. The van der Waals surface area contributed by atoms with E-state index in [1.807, 2.05) is 0 Å². The molecule has 2 heterocycles. The Kier molecular flexibility index (Phi) is 6.37. The maximum Gasteiger partial charge on any atom is 0.350 e. The van der Waals surface area contributed by atoms with E-state index in [1.165, 1.54) is 12.7 Å². The third-order valence-electron chi connectivity index (χ3n) is 3.21. The van der Waals surface area contributed by atoms with Gasteiger partial charge in [0.1, 0.15) is 12.7 Å². The van der Waals surface area contributed by atoms with Crippen LogP contribution in [0.25, 0.3) is 11.2 Å². The van der Waals surface area contributed by atoms with Crippen molar-refractivity contribution >= 4 is 36.5 Å². The lowest BCUT2D eigenvalue weighted by Crippen LogP contribution is -2.17. The van der Waals surface area contributed by atoms with Crippen LogP contribution in [0, 0.1) is 0 Å². The molecule has 1 amide bonds. The van der Waals surface area contributed by atoms with Crippen LogP contribution in [0.3, 0.4) is 0 Å². The lowest BCUT2D eigenvalue weighted by atomic mass is 10.3.